The predicted molar refractivity (Wildman–Crippen MR) is 56.9 cm³/mol. The molecular formula is C10H20N2O3. The molecule has 0 aliphatic heterocycles. The summed E-state index contributed by atoms with van der Waals surface area (Å²) in [5.74, 6) is -0.994. The largest absolute Gasteiger partial charge is 0.459 e. The fourth-order valence-corrected chi connectivity index (χ4v) is 0.880. The van der Waals surface area contributed by atoms with Crippen molar-refractivity contribution in [2.45, 2.75) is 51.7 Å². The van der Waals surface area contributed by atoms with Crippen LogP contribution < -0.4 is 11.5 Å². The van der Waals surface area contributed by atoms with Crippen LogP contribution in [0.1, 0.15) is 40.5 Å². The summed E-state index contributed by atoms with van der Waals surface area (Å²) in [6.45, 7) is 6.81. The molecule has 0 bridgehead atoms. The van der Waals surface area contributed by atoms with Crippen LogP contribution in [0.2, 0.25) is 0 Å². The van der Waals surface area contributed by atoms with Gasteiger partial charge in [-0.3, -0.25) is 9.59 Å². The number of carbonyl (C=O) groups is 2. The highest BCUT2D eigenvalue weighted by Crippen LogP contribution is 2.16. The van der Waals surface area contributed by atoms with Gasteiger partial charge in [0.05, 0.1) is 0 Å². The molecule has 0 saturated carbocycles. The van der Waals surface area contributed by atoms with Crippen LogP contribution in [0.25, 0.3) is 0 Å². The van der Waals surface area contributed by atoms with E-state index < -0.39 is 23.0 Å². The molecule has 0 heterocycles. The summed E-state index contributed by atoms with van der Waals surface area (Å²) >= 11 is 0. The van der Waals surface area contributed by atoms with E-state index in [4.69, 9.17) is 16.2 Å². The molecular weight excluding hydrogens is 196 g/mol. The van der Waals surface area contributed by atoms with Crippen molar-refractivity contribution in [1.29, 1.82) is 0 Å². The van der Waals surface area contributed by atoms with Crippen LogP contribution >= 0.6 is 0 Å². The van der Waals surface area contributed by atoms with E-state index in [-0.39, 0.29) is 12.8 Å². The highest BCUT2D eigenvalue weighted by Gasteiger charge is 2.33. The third kappa shape index (κ3) is 6.06. The molecule has 0 rings (SSSR count). The van der Waals surface area contributed by atoms with Gasteiger partial charge in [-0.1, -0.05) is 0 Å². The number of esters is 1. The van der Waals surface area contributed by atoms with Gasteiger partial charge >= 0.3 is 5.97 Å². The molecule has 5 heteroatoms. The smallest absolute Gasteiger partial charge is 0.326 e. The van der Waals surface area contributed by atoms with Crippen molar-refractivity contribution in [3.05, 3.63) is 0 Å². The Hall–Kier alpha value is -1.10. The maximum atomic E-state index is 11.6. The lowest BCUT2D eigenvalue weighted by molar-refractivity contribution is -0.161. The van der Waals surface area contributed by atoms with E-state index in [0.29, 0.717) is 0 Å². The standard InChI is InChI=1S/C10H20N2O3/c1-9(2,3)15-8(14)10(4,12)6-5-7(11)13/h5-6,12H2,1-4H3,(H2,11,13)/t10-/m1/s1. The summed E-state index contributed by atoms with van der Waals surface area (Å²) in [5, 5.41) is 0. The summed E-state index contributed by atoms with van der Waals surface area (Å²) < 4.78 is 5.12. The van der Waals surface area contributed by atoms with Crippen molar-refractivity contribution in [3.63, 3.8) is 0 Å². The van der Waals surface area contributed by atoms with E-state index >= 15 is 0 Å². The summed E-state index contributed by atoms with van der Waals surface area (Å²) in [5.41, 5.74) is 8.97. The molecule has 0 aromatic rings. The van der Waals surface area contributed by atoms with Gasteiger partial charge in [0.15, 0.2) is 0 Å². The van der Waals surface area contributed by atoms with Gasteiger partial charge in [-0.05, 0) is 34.1 Å². The highest BCUT2D eigenvalue weighted by molar-refractivity contribution is 5.82. The zero-order valence-electron chi connectivity index (χ0n) is 9.79. The minimum Gasteiger partial charge on any atom is -0.459 e. The predicted octanol–water partition coefficient (Wildman–Crippen LogP) is 0.311. The van der Waals surface area contributed by atoms with Gasteiger partial charge in [-0.2, -0.15) is 0 Å². The molecule has 0 fully saturated rings. The lowest BCUT2D eigenvalue weighted by Crippen LogP contribution is -2.49. The van der Waals surface area contributed by atoms with Gasteiger partial charge in [-0.25, -0.2) is 0 Å². The molecule has 1 atom stereocenters. The van der Waals surface area contributed by atoms with Gasteiger partial charge in [0.25, 0.3) is 0 Å². The van der Waals surface area contributed by atoms with Crippen LogP contribution in [0.5, 0.6) is 0 Å². The lowest BCUT2D eigenvalue weighted by Gasteiger charge is -2.27. The normalized spacial score (nSPS) is 15.5. The zero-order valence-corrected chi connectivity index (χ0v) is 9.79. The third-order valence-corrected chi connectivity index (χ3v) is 1.76. The molecule has 0 aromatic carbocycles. The first-order chi connectivity index (χ1) is 6.54. The van der Waals surface area contributed by atoms with Crippen LogP contribution in [0.3, 0.4) is 0 Å². The summed E-state index contributed by atoms with van der Waals surface area (Å²) in [7, 11) is 0. The number of nitrogens with two attached hydrogens (primary N) is 2. The van der Waals surface area contributed by atoms with Crippen molar-refractivity contribution in [3.8, 4) is 0 Å². The minimum absolute atomic E-state index is 0.0756. The number of hydrogen-bond donors (Lipinski definition) is 2. The van der Waals surface area contributed by atoms with Crippen molar-refractivity contribution >= 4 is 11.9 Å². The SMILES string of the molecule is CC(C)(C)OC(=O)[C@](C)(N)CCC(N)=O. The van der Waals surface area contributed by atoms with E-state index in [1.165, 1.54) is 6.92 Å². The topological polar surface area (TPSA) is 95.4 Å². The van der Waals surface area contributed by atoms with Crippen LogP contribution in [0, 0.1) is 0 Å². The van der Waals surface area contributed by atoms with Crippen LogP contribution in [-0.4, -0.2) is 23.0 Å². The van der Waals surface area contributed by atoms with Gasteiger partial charge < -0.3 is 16.2 Å². The Morgan fingerprint density at radius 1 is 1.20 bits per heavy atom. The fourth-order valence-electron chi connectivity index (χ4n) is 0.880. The Morgan fingerprint density at radius 3 is 2.00 bits per heavy atom. The molecule has 5 nitrogen and oxygen atoms in total. The molecule has 0 aliphatic rings. The van der Waals surface area contributed by atoms with Crippen molar-refractivity contribution in [2.75, 3.05) is 0 Å². The molecule has 1 amide bonds. The number of carbonyl (C=O) groups excluding carboxylic acids is 2. The van der Waals surface area contributed by atoms with E-state index in [1.807, 2.05) is 0 Å². The molecule has 0 saturated heterocycles. The summed E-state index contributed by atoms with van der Waals surface area (Å²) in [4.78, 5) is 22.2. The molecule has 4 N–H and O–H groups in total. The van der Waals surface area contributed by atoms with Crippen molar-refractivity contribution < 1.29 is 14.3 Å². The van der Waals surface area contributed by atoms with Crippen LogP contribution in [-0.2, 0) is 14.3 Å². The second kappa shape index (κ2) is 4.61. The van der Waals surface area contributed by atoms with E-state index in [0.717, 1.165) is 0 Å². The van der Waals surface area contributed by atoms with E-state index in [2.05, 4.69) is 0 Å². The second-order valence-electron chi connectivity index (χ2n) is 4.89. The number of ether oxygens (including phenoxy) is 1. The molecule has 0 spiro atoms. The van der Waals surface area contributed by atoms with Crippen molar-refractivity contribution in [1.82, 2.24) is 0 Å². The fraction of sp³-hybridized carbons (Fsp3) is 0.800. The monoisotopic (exact) mass is 216 g/mol. The Balaban J connectivity index is 4.32. The van der Waals surface area contributed by atoms with Gasteiger partial charge in [0.2, 0.25) is 5.91 Å². The van der Waals surface area contributed by atoms with Crippen molar-refractivity contribution in [2.24, 2.45) is 11.5 Å². The van der Waals surface area contributed by atoms with Gasteiger partial charge in [-0.15, -0.1) is 0 Å². The average molecular weight is 216 g/mol. The Kier molecular flexibility index (Phi) is 4.27. The molecule has 0 radical (unpaired) electrons. The maximum absolute atomic E-state index is 11.6. The zero-order chi connectivity index (χ0) is 12.3. The lowest BCUT2D eigenvalue weighted by atomic mass is 9.97. The van der Waals surface area contributed by atoms with Crippen LogP contribution in [0.15, 0.2) is 0 Å². The quantitative estimate of drug-likeness (QED) is 0.661. The number of rotatable bonds is 4. The Morgan fingerprint density at radius 2 is 1.67 bits per heavy atom. The van der Waals surface area contributed by atoms with Crippen LogP contribution in [0.4, 0.5) is 0 Å². The molecule has 0 unspecified atom stereocenters. The third-order valence-electron chi connectivity index (χ3n) is 1.76. The molecule has 0 aliphatic carbocycles. The van der Waals surface area contributed by atoms with Gasteiger partial charge in [0, 0.05) is 6.42 Å². The van der Waals surface area contributed by atoms with E-state index in [9.17, 15) is 9.59 Å². The Labute approximate surface area is 90.1 Å². The van der Waals surface area contributed by atoms with E-state index in [1.54, 1.807) is 20.8 Å². The first kappa shape index (κ1) is 13.9. The molecule has 15 heavy (non-hydrogen) atoms. The summed E-state index contributed by atoms with van der Waals surface area (Å²) in [6.07, 6.45) is 0.267. The minimum atomic E-state index is -1.16. The number of amides is 1. The first-order valence-corrected chi connectivity index (χ1v) is 4.85. The number of hydrogen-bond acceptors (Lipinski definition) is 4. The second-order valence-corrected chi connectivity index (χ2v) is 4.89. The maximum Gasteiger partial charge on any atom is 0.326 e. The average Bonchev–Trinajstić information content (AvgIpc) is 1.97. The first-order valence-electron chi connectivity index (χ1n) is 4.85. The van der Waals surface area contributed by atoms with Gasteiger partial charge in [0.1, 0.15) is 11.1 Å². The molecule has 88 valence electrons. The Bertz CT molecular complexity index is 254. The number of primary amides is 1. The summed E-state index contributed by atoms with van der Waals surface area (Å²) in [6, 6.07) is 0. The highest BCUT2D eigenvalue weighted by atomic mass is 16.6. The molecule has 0 aromatic heterocycles.